The Hall–Kier alpha value is -3.39. The summed E-state index contributed by atoms with van der Waals surface area (Å²) in [6, 6.07) is 7.29. The minimum Gasteiger partial charge on any atom is -0.478 e. The molecule has 0 heterocycles. The first-order valence-electron chi connectivity index (χ1n) is 4.85. The third-order valence-electron chi connectivity index (χ3n) is 2.03. The van der Waals surface area contributed by atoms with Crippen LogP contribution in [0.3, 0.4) is 0 Å². The van der Waals surface area contributed by atoms with E-state index in [2.05, 4.69) is 10.5 Å². The Morgan fingerprint density at radius 2 is 2.16 bits per heavy atom. The van der Waals surface area contributed by atoms with Gasteiger partial charge in [-0.05, 0) is 18.2 Å². The van der Waals surface area contributed by atoms with Gasteiger partial charge in [-0.15, -0.1) is 0 Å². The summed E-state index contributed by atoms with van der Waals surface area (Å²) in [6.45, 7) is 0. The molecule has 0 aliphatic rings. The van der Waals surface area contributed by atoms with Gasteiger partial charge < -0.3 is 10.8 Å². The molecule has 8 heteroatoms. The van der Waals surface area contributed by atoms with E-state index in [1.165, 1.54) is 18.2 Å². The summed E-state index contributed by atoms with van der Waals surface area (Å²) in [5.41, 5.74) is 7.13. The molecule has 0 radical (unpaired) electrons. The summed E-state index contributed by atoms with van der Waals surface area (Å²) in [5, 5.41) is 36.9. The van der Waals surface area contributed by atoms with Crippen molar-refractivity contribution in [2.75, 3.05) is 5.43 Å². The Bertz CT molecular complexity index is 650. The zero-order chi connectivity index (χ0) is 14.4. The number of amidine groups is 1. The lowest BCUT2D eigenvalue weighted by Crippen LogP contribution is -2.22. The summed E-state index contributed by atoms with van der Waals surface area (Å²) in [5.74, 6) is -1.79. The van der Waals surface area contributed by atoms with Gasteiger partial charge in [0.15, 0.2) is 5.84 Å². The molecule has 94 valence electrons. The zero-order valence-corrected chi connectivity index (χ0v) is 9.51. The van der Waals surface area contributed by atoms with Crippen LogP contribution in [0.15, 0.2) is 23.3 Å². The van der Waals surface area contributed by atoms with Crippen molar-refractivity contribution >= 4 is 23.2 Å². The van der Waals surface area contributed by atoms with E-state index in [4.69, 9.17) is 26.8 Å². The second kappa shape index (κ2) is 5.80. The van der Waals surface area contributed by atoms with Gasteiger partial charge in [0.1, 0.15) is 6.07 Å². The Morgan fingerprint density at radius 1 is 1.47 bits per heavy atom. The summed E-state index contributed by atoms with van der Waals surface area (Å²) in [4.78, 5) is 11.0. The quantitative estimate of drug-likeness (QED) is 0.348. The van der Waals surface area contributed by atoms with Gasteiger partial charge in [-0.25, -0.2) is 4.79 Å². The largest absolute Gasteiger partial charge is 0.478 e. The van der Waals surface area contributed by atoms with Crippen LogP contribution < -0.4 is 11.2 Å². The number of hydrogen-bond donors (Lipinski definition) is 4. The van der Waals surface area contributed by atoms with Crippen molar-refractivity contribution in [3.8, 4) is 12.1 Å². The molecule has 0 bridgehead atoms. The van der Waals surface area contributed by atoms with Crippen molar-refractivity contribution in [2.45, 2.75) is 0 Å². The van der Waals surface area contributed by atoms with Gasteiger partial charge in [0, 0.05) is 0 Å². The van der Waals surface area contributed by atoms with Crippen molar-refractivity contribution in [3.05, 3.63) is 29.3 Å². The van der Waals surface area contributed by atoms with Crippen LogP contribution in [0, 0.1) is 28.1 Å². The molecule has 0 saturated heterocycles. The van der Waals surface area contributed by atoms with Crippen LogP contribution in [0.2, 0.25) is 0 Å². The van der Waals surface area contributed by atoms with Gasteiger partial charge in [-0.2, -0.15) is 15.6 Å². The van der Waals surface area contributed by atoms with Crippen LogP contribution in [0.5, 0.6) is 0 Å². The predicted molar refractivity (Wildman–Crippen MR) is 66.7 cm³/mol. The molecule has 0 aliphatic carbocycles. The fourth-order valence-corrected chi connectivity index (χ4v) is 1.15. The second-order valence-electron chi connectivity index (χ2n) is 3.28. The molecule has 1 rings (SSSR count). The van der Waals surface area contributed by atoms with Crippen molar-refractivity contribution in [1.82, 2.24) is 0 Å². The van der Waals surface area contributed by atoms with E-state index in [1.807, 2.05) is 6.07 Å². The molecule has 0 saturated carbocycles. The Morgan fingerprint density at radius 3 is 2.63 bits per heavy atom. The lowest BCUT2D eigenvalue weighted by molar-refractivity contribution is 0.0698. The number of hydrazone groups is 1. The summed E-state index contributed by atoms with van der Waals surface area (Å²) in [7, 11) is 0. The third-order valence-corrected chi connectivity index (χ3v) is 2.03. The number of nitrogens with one attached hydrogen (secondary N) is 2. The first-order valence-corrected chi connectivity index (χ1v) is 4.85. The molecule has 1 aromatic rings. The molecule has 0 aromatic heterocycles. The van der Waals surface area contributed by atoms with Crippen molar-refractivity contribution in [1.29, 1.82) is 15.9 Å². The number of carbonyl (C=O) groups is 1. The zero-order valence-electron chi connectivity index (χ0n) is 9.51. The topological polar surface area (TPSA) is 159 Å². The fraction of sp³-hybridized carbons (Fsp3) is 0. The monoisotopic (exact) mass is 256 g/mol. The molecular weight excluding hydrogens is 248 g/mol. The highest BCUT2D eigenvalue weighted by Gasteiger charge is 2.11. The number of anilines is 1. The summed E-state index contributed by atoms with van der Waals surface area (Å²) >= 11 is 0. The predicted octanol–water partition coefficient (Wildman–Crippen LogP) is 0.484. The van der Waals surface area contributed by atoms with E-state index in [1.54, 1.807) is 6.07 Å². The molecule has 1 aromatic carbocycles. The second-order valence-corrected chi connectivity index (χ2v) is 3.28. The van der Waals surface area contributed by atoms with Gasteiger partial charge >= 0.3 is 5.97 Å². The van der Waals surface area contributed by atoms with Crippen LogP contribution in [-0.2, 0) is 0 Å². The first-order chi connectivity index (χ1) is 8.99. The van der Waals surface area contributed by atoms with Crippen molar-refractivity contribution < 1.29 is 9.90 Å². The van der Waals surface area contributed by atoms with Gasteiger partial charge in [-0.3, -0.25) is 10.8 Å². The van der Waals surface area contributed by atoms with E-state index in [-0.39, 0.29) is 22.5 Å². The standard InChI is InChI=1S/C11H8N6O2/c12-4-6-1-2-8(7(3-6)11(18)19)16-17-9(5-13)10(14)15/h1-3,16H,(H3,14,15)(H,18,19)/b17-9+. The van der Waals surface area contributed by atoms with Crippen molar-refractivity contribution in [3.63, 3.8) is 0 Å². The first kappa shape index (κ1) is 13.7. The van der Waals surface area contributed by atoms with E-state index in [9.17, 15) is 4.79 Å². The smallest absolute Gasteiger partial charge is 0.337 e. The highest BCUT2D eigenvalue weighted by molar-refractivity contribution is 6.45. The van der Waals surface area contributed by atoms with Crippen LogP contribution in [-0.4, -0.2) is 22.6 Å². The van der Waals surface area contributed by atoms with Crippen LogP contribution in [0.25, 0.3) is 0 Å². The molecule has 0 unspecified atom stereocenters. The summed E-state index contributed by atoms with van der Waals surface area (Å²) < 4.78 is 0. The minimum atomic E-state index is -1.25. The number of carboxylic acid groups (broad SMARTS) is 1. The molecule has 5 N–H and O–H groups in total. The van der Waals surface area contributed by atoms with Gasteiger partial charge in [0.25, 0.3) is 0 Å². The van der Waals surface area contributed by atoms with Gasteiger partial charge in [-0.1, -0.05) is 0 Å². The van der Waals surface area contributed by atoms with E-state index in [0.29, 0.717) is 0 Å². The molecule has 8 nitrogen and oxygen atoms in total. The number of rotatable bonds is 4. The van der Waals surface area contributed by atoms with Crippen LogP contribution >= 0.6 is 0 Å². The van der Waals surface area contributed by atoms with Crippen LogP contribution in [0.4, 0.5) is 5.69 Å². The molecular formula is C11H8N6O2. The Balaban J connectivity index is 3.16. The molecule has 0 amide bonds. The maximum absolute atomic E-state index is 11.0. The molecule has 0 aliphatic heterocycles. The molecule has 19 heavy (non-hydrogen) atoms. The number of nitrogens with zero attached hydrogens (tertiary/aromatic N) is 3. The van der Waals surface area contributed by atoms with Gasteiger partial charge in [0.2, 0.25) is 5.71 Å². The number of carboxylic acids is 1. The fourth-order valence-electron chi connectivity index (χ4n) is 1.15. The Labute approximate surface area is 107 Å². The van der Waals surface area contributed by atoms with E-state index >= 15 is 0 Å². The maximum atomic E-state index is 11.0. The van der Waals surface area contributed by atoms with Gasteiger partial charge in [0.05, 0.1) is 22.9 Å². The highest BCUT2D eigenvalue weighted by Crippen LogP contribution is 2.17. The number of nitriles is 2. The number of hydrogen-bond acceptors (Lipinski definition) is 6. The molecule has 0 spiro atoms. The maximum Gasteiger partial charge on any atom is 0.337 e. The lowest BCUT2D eigenvalue weighted by atomic mass is 10.1. The Kier molecular flexibility index (Phi) is 4.17. The average molecular weight is 256 g/mol. The lowest BCUT2D eigenvalue weighted by Gasteiger charge is -2.05. The number of nitrogens with two attached hydrogens (primary N) is 1. The minimum absolute atomic E-state index is 0.0838. The normalized spacial score (nSPS) is 10.1. The average Bonchev–Trinajstić information content (AvgIpc) is 2.38. The van der Waals surface area contributed by atoms with E-state index < -0.39 is 11.8 Å². The third kappa shape index (κ3) is 3.28. The molecule has 0 fully saturated rings. The van der Waals surface area contributed by atoms with Crippen LogP contribution in [0.1, 0.15) is 15.9 Å². The number of aromatic carboxylic acids is 1. The SMILES string of the molecule is N#C/C(=N\Nc1ccc(C#N)cc1C(=O)O)C(=N)N. The highest BCUT2D eigenvalue weighted by atomic mass is 16.4. The van der Waals surface area contributed by atoms with Crippen molar-refractivity contribution in [2.24, 2.45) is 10.8 Å². The number of benzene rings is 1. The van der Waals surface area contributed by atoms with E-state index in [0.717, 1.165) is 0 Å². The molecule has 0 atom stereocenters. The summed E-state index contributed by atoms with van der Waals surface area (Å²) in [6.07, 6.45) is 0.